The number of piperidine rings is 1. The third-order valence-electron chi connectivity index (χ3n) is 4.98. The van der Waals surface area contributed by atoms with Crippen LogP contribution in [0.1, 0.15) is 59.3 Å². The number of fused-ring (bicyclic) bond motifs is 1. The van der Waals surface area contributed by atoms with Gasteiger partial charge in [0.2, 0.25) is 0 Å². The average Bonchev–Trinajstić information content (AvgIpc) is 2.26. The van der Waals surface area contributed by atoms with Crippen LogP contribution in [0.3, 0.4) is 0 Å². The molecule has 0 aromatic carbocycles. The van der Waals surface area contributed by atoms with Gasteiger partial charge in [-0.2, -0.15) is 0 Å². The average molecular weight is 239 g/mol. The van der Waals surface area contributed by atoms with E-state index in [-0.39, 0.29) is 0 Å². The van der Waals surface area contributed by atoms with Gasteiger partial charge in [-0.15, -0.1) is 0 Å². The topological polar surface area (TPSA) is 32.3 Å². The quantitative estimate of drug-likeness (QED) is 0.793. The van der Waals surface area contributed by atoms with E-state index < -0.39 is 5.60 Å². The van der Waals surface area contributed by atoms with Crippen LogP contribution in [0.4, 0.5) is 0 Å². The van der Waals surface area contributed by atoms with Crippen LogP contribution in [0.25, 0.3) is 0 Å². The first kappa shape index (κ1) is 13.4. The molecule has 0 radical (unpaired) electrons. The van der Waals surface area contributed by atoms with Crippen LogP contribution >= 0.6 is 0 Å². The predicted molar refractivity (Wildman–Crippen MR) is 71.9 cm³/mol. The van der Waals surface area contributed by atoms with E-state index in [0.29, 0.717) is 6.04 Å². The number of hydrogen-bond acceptors (Lipinski definition) is 2. The molecule has 2 fully saturated rings. The minimum atomic E-state index is -0.481. The molecule has 0 unspecified atom stereocenters. The SMILES string of the molecule is C[C@@H]1NCC[C@H]2[C@H](CCC(C)(C)O)CCC[C@@H]21. The van der Waals surface area contributed by atoms with Gasteiger partial charge in [-0.05, 0) is 70.8 Å². The summed E-state index contributed by atoms with van der Waals surface area (Å²) in [6, 6.07) is 0.707. The van der Waals surface area contributed by atoms with Crippen LogP contribution in [0, 0.1) is 17.8 Å². The van der Waals surface area contributed by atoms with E-state index in [1.807, 2.05) is 13.8 Å². The van der Waals surface area contributed by atoms with Gasteiger partial charge in [0.25, 0.3) is 0 Å². The zero-order valence-corrected chi connectivity index (χ0v) is 11.7. The smallest absolute Gasteiger partial charge is 0.0591 e. The molecule has 1 saturated heterocycles. The first-order valence-corrected chi connectivity index (χ1v) is 7.43. The van der Waals surface area contributed by atoms with Gasteiger partial charge in [-0.3, -0.25) is 0 Å². The molecule has 100 valence electrons. The summed E-state index contributed by atoms with van der Waals surface area (Å²) < 4.78 is 0. The molecular weight excluding hydrogens is 210 g/mol. The maximum Gasteiger partial charge on any atom is 0.0591 e. The second-order valence-electron chi connectivity index (χ2n) is 6.90. The molecule has 2 N–H and O–H groups in total. The maximum atomic E-state index is 9.88. The summed E-state index contributed by atoms with van der Waals surface area (Å²) in [5.74, 6) is 2.68. The van der Waals surface area contributed by atoms with Crippen LogP contribution in [0.5, 0.6) is 0 Å². The molecule has 2 aliphatic rings. The van der Waals surface area contributed by atoms with E-state index in [4.69, 9.17) is 0 Å². The summed E-state index contributed by atoms with van der Waals surface area (Å²) in [7, 11) is 0. The molecule has 4 atom stereocenters. The predicted octanol–water partition coefficient (Wildman–Crippen LogP) is 2.95. The summed E-state index contributed by atoms with van der Waals surface area (Å²) in [6.07, 6.45) is 7.73. The van der Waals surface area contributed by atoms with Crippen molar-refractivity contribution < 1.29 is 5.11 Å². The molecule has 17 heavy (non-hydrogen) atoms. The molecule has 0 bridgehead atoms. The van der Waals surface area contributed by atoms with Crippen LogP contribution in [0.2, 0.25) is 0 Å². The Morgan fingerprint density at radius 3 is 2.65 bits per heavy atom. The minimum Gasteiger partial charge on any atom is -0.390 e. The first-order valence-electron chi connectivity index (χ1n) is 7.43. The lowest BCUT2D eigenvalue weighted by atomic mass is 9.65. The highest BCUT2D eigenvalue weighted by molar-refractivity contribution is 4.91. The van der Waals surface area contributed by atoms with E-state index in [0.717, 1.165) is 24.2 Å². The van der Waals surface area contributed by atoms with Crippen molar-refractivity contribution in [2.24, 2.45) is 17.8 Å². The number of hydrogen-bond donors (Lipinski definition) is 2. The molecule has 2 heteroatoms. The molecule has 2 rings (SSSR count). The van der Waals surface area contributed by atoms with E-state index >= 15 is 0 Å². The number of nitrogens with one attached hydrogen (secondary N) is 1. The summed E-state index contributed by atoms with van der Waals surface area (Å²) in [6.45, 7) is 7.44. The molecule has 0 aromatic heterocycles. The van der Waals surface area contributed by atoms with Crippen molar-refractivity contribution in [2.75, 3.05) is 6.54 Å². The first-order chi connectivity index (χ1) is 7.97. The van der Waals surface area contributed by atoms with Crippen LogP contribution in [-0.2, 0) is 0 Å². The fourth-order valence-corrected chi connectivity index (χ4v) is 3.99. The molecule has 0 aromatic rings. The summed E-state index contributed by atoms with van der Waals surface area (Å²) in [4.78, 5) is 0. The van der Waals surface area contributed by atoms with Crippen molar-refractivity contribution in [3.05, 3.63) is 0 Å². The third-order valence-corrected chi connectivity index (χ3v) is 4.98. The molecule has 2 nitrogen and oxygen atoms in total. The van der Waals surface area contributed by atoms with Gasteiger partial charge in [0, 0.05) is 6.04 Å². The molecular formula is C15H29NO. The van der Waals surface area contributed by atoms with Gasteiger partial charge >= 0.3 is 0 Å². The van der Waals surface area contributed by atoms with Gasteiger partial charge in [-0.1, -0.05) is 12.8 Å². The molecule has 1 aliphatic carbocycles. The Morgan fingerprint density at radius 2 is 1.94 bits per heavy atom. The third kappa shape index (κ3) is 3.45. The summed E-state index contributed by atoms with van der Waals surface area (Å²) >= 11 is 0. The Bertz CT molecular complexity index is 246. The van der Waals surface area contributed by atoms with E-state index in [2.05, 4.69) is 12.2 Å². The fourth-order valence-electron chi connectivity index (χ4n) is 3.99. The molecule has 1 aliphatic heterocycles. The minimum absolute atomic E-state index is 0.481. The van der Waals surface area contributed by atoms with Gasteiger partial charge in [0.05, 0.1) is 5.60 Å². The van der Waals surface area contributed by atoms with Crippen molar-refractivity contribution in [1.29, 1.82) is 0 Å². The fraction of sp³-hybridized carbons (Fsp3) is 1.00. The zero-order chi connectivity index (χ0) is 12.5. The molecule has 1 heterocycles. The van der Waals surface area contributed by atoms with Gasteiger partial charge in [-0.25, -0.2) is 0 Å². The zero-order valence-electron chi connectivity index (χ0n) is 11.7. The van der Waals surface area contributed by atoms with Crippen molar-refractivity contribution >= 4 is 0 Å². The summed E-state index contributed by atoms with van der Waals surface area (Å²) in [5.41, 5.74) is -0.481. The van der Waals surface area contributed by atoms with Crippen molar-refractivity contribution in [3.8, 4) is 0 Å². The maximum absolute atomic E-state index is 9.88. The van der Waals surface area contributed by atoms with E-state index in [1.165, 1.54) is 38.6 Å². The van der Waals surface area contributed by atoms with Crippen molar-refractivity contribution in [2.45, 2.75) is 70.9 Å². The van der Waals surface area contributed by atoms with Gasteiger partial charge in [0.15, 0.2) is 0 Å². The van der Waals surface area contributed by atoms with Crippen LogP contribution < -0.4 is 5.32 Å². The Hall–Kier alpha value is -0.0800. The lowest BCUT2D eigenvalue weighted by Gasteiger charge is -2.45. The highest BCUT2D eigenvalue weighted by atomic mass is 16.3. The number of aliphatic hydroxyl groups is 1. The highest BCUT2D eigenvalue weighted by Gasteiger charge is 2.38. The lowest BCUT2D eigenvalue weighted by molar-refractivity contribution is 0.0354. The normalized spacial score (nSPS) is 38.8. The monoisotopic (exact) mass is 239 g/mol. The van der Waals surface area contributed by atoms with Crippen LogP contribution in [0.15, 0.2) is 0 Å². The Kier molecular flexibility index (Phi) is 4.14. The largest absolute Gasteiger partial charge is 0.390 e. The molecule has 1 saturated carbocycles. The Balaban J connectivity index is 1.93. The van der Waals surface area contributed by atoms with E-state index in [9.17, 15) is 5.11 Å². The second-order valence-corrected chi connectivity index (χ2v) is 6.90. The summed E-state index contributed by atoms with van der Waals surface area (Å²) in [5, 5.41) is 13.5. The second kappa shape index (κ2) is 5.27. The van der Waals surface area contributed by atoms with Gasteiger partial charge < -0.3 is 10.4 Å². The molecule has 0 spiro atoms. The van der Waals surface area contributed by atoms with E-state index in [1.54, 1.807) is 0 Å². The Morgan fingerprint density at radius 1 is 1.18 bits per heavy atom. The molecule has 0 amide bonds. The Labute approximate surface area is 106 Å². The lowest BCUT2D eigenvalue weighted by Crippen LogP contribution is -2.48. The van der Waals surface area contributed by atoms with Crippen LogP contribution in [-0.4, -0.2) is 23.3 Å². The van der Waals surface area contributed by atoms with Crippen molar-refractivity contribution in [3.63, 3.8) is 0 Å². The standard InChI is InChI=1S/C15H29NO/c1-11-13-6-4-5-12(7-9-15(2,3)17)14(13)8-10-16-11/h11-14,16-17H,4-10H2,1-3H3/t11-,12-,13+,14-/m0/s1. The highest BCUT2D eigenvalue weighted by Crippen LogP contribution is 2.43. The number of rotatable bonds is 3. The van der Waals surface area contributed by atoms with Gasteiger partial charge in [0.1, 0.15) is 0 Å². The van der Waals surface area contributed by atoms with Crippen molar-refractivity contribution in [1.82, 2.24) is 5.32 Å².